The zero-order valence-electron chi connectivity index (χ0n) is 10.4. The van der Waals surface area contributed by atoms with Gasteiger partial charge in [-0.2, -0.15) is 5.10 Å². The Kier molecular flexibility index (Phi) is 3.99. The molecule has 1 aromatic rings. The quantitative estimate of drug-likeness (QED) is 0.783. The van der Waals surface area contributed by atoms with Crippen LogP contribution in [0, 0.1) is 5.92 Å². The van der Waals surface area contributed by atoms with E-state index in [9.17, 15) is 0 Å². The second kappa shape index (κ2) is 5.48. The maximum Gasteiger partial charge on any atom is 0.0524 e. The van der Waals surface area contributed by atoms with E-state index in [4.69, 9.17) is 4.74 Å². The first-order chi connectivity index (χ1) is 7.75. The van der Waals surface area contributed by atoms with Crippen LogP contribution in [0.4, 0.5) is 0 Å². The third-order valence-corrected chi connectivity index (χ3v) is 3.43. The van der Waals surface area contributed by atoms with Crippen LogP contribution >= 0.6 is 0 Å². The summed E-state index contributed by atoms with van der Waals surface area (Å²) in [5, 5.41) is 4.41. The molecule has 16 heavy (non-hydrogen) atoms. The van der Waals surface area contributed by atoms with Crippen LogP contribution in [0.15, 0.2) is 12.4 Å². The number of hydrogen-bond acceptors (Lipinski definition) is 2. The lowest BCUT2D eigenvalue weighted by Crippen LogP contribution is -2.17. The second-order valence-corrected chi connectivity index (χ2v) is 5.04. The summed E-state index contributed by atoms with van der Waals surface area (Å²) in [6.45, 7) is 7.36. The molecule has 0 amide bonds. The molecule has 0 atom stereocenters. The maximum absolute atomic E-state index is 5.36. The van der Waals surface area contributed by atoms with Crippen LogP contribution in [0.3, 0.4) is 0 Å². The highest BCUT2D eigenvalue weighted by Gasteiger charge is 2.13. The molecule has 0 N–H and O–H groups in total. The van der Waals surface area contributed by atoms with Gasteiger partial charge in [0.25, 0.3) is 0 Å². The SMILES string of the molecule is CC(C)c1cnn(CCC2CCOCC2)c1. The van der Waals surface area contributed by atoms with Gasteiger partial charge < -0.3 is 4.74 Å². The molecule has 90 valence electrons. The van der Waals surface area contributed by atoms with Crippen molar-refractivity contribution in [3.05, 3.63) is 18.0 Å². The van der Waals surface area contributed by atoms with E-state index >= 15 is 0 Å². The van der Waals surface area contributed by atoms with Gasteiger partial charge in [-0.25, -0.2) is 0 Å². The summed E-state index contributed by atoms with van der Waals surface area (Å²) < 4.78 is 7.45. The number of rotatable bonds is 4. The molecule has 2 heterocycles. The molecule has 1 fully saturated rings. The van der Waals surface area contributed by atoms with E-state index in [-0.39, 0.29) is 0 Å². The summed E-state index contributed by atoms with van der Waals surface area (Å²) in [6, 6.07) is 0. The molecule has 0 spiro atoms. The Morgan fingerprint density at radius 2 is 2.19 bits per heavy atom. The summed E-state index contributed by atoms with van der Waals surface area (Å²) in [5.41, 5.74) is 1.34. The van der Waals surface area contributed by atoms with Crippen molar-refractivity contribution in [2.45, 2.75) is 45.6 Å². The van der Waals surface area contributed by atoms with Gasteiger partial charge in [-0.15, -0.1) is 0 Å². The lowest BCUT2D eigenvalue weighted by Gasteiger charge is -2.21. The molecule has 3 nitrogen and oxygen atoms in total. The van der Waals surface area contributed by atoms with Gasteiger partial charge in [-0.3, -0.25) is 4.68 Å². The molecule has 1 aromatic heterocycles. The first-order valence-electron chi connectivity index (χ1n) is 6.36. The average Bonchev–Trinajstić information content (AvgIpc) is 2.76. The summed E-state index contributed by atoms with van der Waals surface area (Å²) in [4.78, 5) is 0. The smallest absolute Gasteiger partial charge is 0.0524 e. The molecule has 0 saturated carbocycles. The predicted octanol–water partition coefficient (Wildman–Crippen LogP) is 2.82. The van der Waals surface area contributed by atoms with Gasteiger partial charge in [0.2, 0.25) is 0 Å². The first kappa shape index (κ1) is 11.6. The molecule has 1 saturated heterocycles. The van der Waals surface area contributed by atoms with Crippen molar-refractivity contribution in [1.29, 1.82) is 0 Å². The molecular formula is C13H22N2O. The Bertz CT molecular complexity index is 313. The zero-order valence-corrected chi connectivity index (χ0v) is 10.4. The van der Waals surface area contributed by atoms with Crippen molar-refractivity contribution in [3.63, 3.8) is 0 Å². The highest BCUT2D eigenvalue weighted by Crippen LogP contribution is 2.19. The number of aromatic nitrogens is 2. The van der Waals surface area contributed by atoms with E-state index in [2.05, 4.69) is 29.8 Å². The minimum Gasteiger partial charge on any atom is -0.381 e. The van der Waals surface area contributed by atoms with Crippen LogP contribution in [0.2, 0.25) is 0 Å². The molecule has 3 heteroatoms. The van der Waals surface area contributed by atoms with Gasteiger partial charge in [0.15, 0.2) is 0 Å². The Labute approximate surface area is 97.8 Å². The molecule has 0 aromatic carbocycles. The fourth-order valence-corrected chi connectivity index (χ4v) is 2.15. The molecule has 2 rings (SSSR count). The summed E-state index contributed by atoms with van der Waals surface area (Å²) in [5.74, 6) is 1.41. The van der Waals surface area contributed by atoms with Crippen LogP contribution in [0.1, 0.15) is 44.6 Å². The zero-order chi connectivity index (χ0) is 11.4. The van der Waals surface area contributed by atoms with Crippen LogP contribution in [-0.4, -0.2) is 23.0 Å². The monoisotopic (exact) mass is 222 g/mol. The van der Waals surface area contributed by atoms with E-state index in [1.165, 1.54) is 24.8 Å². The van der Waals surface area contributed by atoms with E-state index in [0.717, 1.165) is 25.7 Å². The van der Waals surface area contributed by atoms with E-state index < -0.39 is 0 Å². The maximum atomic E-state index is 5.36. The number of ether oxygens (including phenoxy) is 1. The minimum atomic E-state index is 0.580. The van der Waals surface area contributed by atoms with Gasteiger partial charge in [0.1, 0.15) is 0 Å². The van der Waals surface area contributed by atoms with E-state index in [0.29, 0.717) is 5.92 Å². The van der Waals surface area contributed by atoms with Crippen molar-refractivity contribution in [2.24, 2.45) is 5.92 Å². The summed E-state index contributed by atoms with van der Waals surface area (Å²) in [7, 11) is 0. The van der Waals surface area contributed by atoms with Gasteiger partial charge >= 0.3 is 0 Å². The van der Waals surface area contributed by atoms with Crippen molar-refractivity contribution < 1.29 is 4.74 Å². The topological polar surface area (TPSA) is 27.1 Å². The molecule has 0 aliphatic carbocycles. The van der Waals surface area contributed by atoms with Gasteiger partial charge in [-0.05, 0) is 36.7 Å². The van der Waals surface area contributed by atoms with Crippen LogP contribution in [0.25, 0.3) is 0 Å². The number of aryl methyl sites for hydroxylation is 1. The molecule has 0 radical (unpaired) electrons. The van der Waals surface area contributed by atoms with E-state index in [1.807, 2.05) is 6.20 Å². The lowest BCUT2D eigenvalue weighted by molar-refractivity contribution is 0.0623. The standard InChI is InChI=1S/C13H22N2O/c1-11(2)13-9-14-15(10-13)6-3-12-4-7-16-8-5-12/h9-12H,3-8H2,1-2H3. The normalized spacial score (nSPS) is 18.2. The predicted molar refractivity (Wildman–Crippen MR) is 64.5 cm³/mol. The van der Waals surface area contributed by atoms with Crippen molar-refractivity contribution >= 4 is 0 Å². The molecular weight excluding hydrogens is 200 g/mol. The number of nitrogens with zero attached hydrogens (tertiary/aromatic N) is 2. The Balaban J connectivity index is 1.79. The van der Waals surface area contributed by atoms with Crippen LogP contribution in [-0.2, 0) is 11.3 Å². The van der Waals surface area contributed by atoms with Crippen molar-refractivity contribution in [1.82, 2.24) is 9.78 Å². The van der Waals surface area contributed by atoms with Crippen LogP contribution in [0.5, 0.6) is 0 Å². The average molecular weight is 222 g/mol. The Hall–Kier alpha value is -0.830. The van der Waals surface area contributed by atoms with Crippen LogP contribution < -0.4 is 0 Å². The second-order valence-electron chi connectivity index (χ2n) is 5.04. The third-order valence-electron chi connectivity index (χ3n) is 3.43. The Morgan fingerprint density at radius 1 is 1.44 bits per heavy atom. The number of hydrogen-bond donors (Lipinski definition) is 0. The first-order valence-corrected chi connectivity index (χ1v) is 6.36. The Morgan fingerprint density at radius 3 is 2.81 bits per heavy atom. The summed E-state index contributed by atoms with van der Waals surface area (Å²) in [6.07, 6.45) is 7.86. The van der Waals surface area contributed by atoms with Crippen molar-refractivity contribution in [3.8, 4) is 0 Å². The fourth-order valence-electron chi connectivity index (χ4n) is 2.15. The third kappa shape index (κ3) is 3.08. The van der Waals surface area contributed by atoms with Gasteiger partial charge in [-0.1, -0.05) is 13.8 Å². The molecule has 0 bridgehead atoms. The van der Waals surface area contributed by atoms with Gasteiger partial charge in [0, 0.05) is 26.0 Å². The minimum absolute atomic E-state index is 0.580. The molecule has 1 aliphatic rings. The van der Waals surface area contributed by atoms with E-state index in [1.54, 1.807) is 0 Å². The summed E-state index contributed by atoms with van der Waals surface area (Å²) >= 11 is 0. The molecule has 0 unspecified atom stereocenters. The lowest BCUT2D eigenvalue weighted by atomic mass is 9.97. The van der Waals surface area contributed by atoms with Crippen molar-refractivity contribution in [2.75, 3.05) is 13.2 Å². The largest absolute Gasteiger partial charge is 0.381 e. The highest BCUT2D eigenvalue weighted by atomic mass is 16.5. The highest BCUT2D eigenvalue weighted by molar-refractivity contribution is 5.08. The fraction of sp³-hybridized carbons (Fsp3) is 0.769. The van der Waals surface area contributed by atoms with Gasteiger partial charge in [0.05, 0.1) is 6.20 Å². The molecule has 1 aliphatic heterocycles.